The van der Waals surface area contributed by atoms with Crippen LogP contribution in [-0.2, 0) is 5.41 Å². The Morgan fingerprint density at radius 3 is 2.66 bits per heavy atom. The molecule has 0 amide bonds. The number of nitrogens with zero attached hydrogens (tertiary/aromatic N) is 3. The van der Waals surface area contributed by atoms with Crippen LogP contribution < -0.4 is 5.56 Å². The Hall–Kier alpha value is -2.11. The van der Waals surface area contributed by atoms with Crippen LogP contribution in [0.5, 0.6) is 0 Å². The van der Waals surface area contributed by atoms with Gasteiger partial charge in [0.2, 0.25) is 0 Å². The van der Waals surface area contributed by atoms with Gasteiger partial charge in [-0.2, -0.15) is 4.98 Å². The quantitative estimate of drug-likeness (QED) is 0.708. The first kappa shape index (κ1) is 20.5. The fraction of sp³-hybridized carbons (Fsp3) is 0.538. The SMILES string of the molecule is O=c1nc2n(c3cccc(Cl)c13)C1=C(C=C(N3CCC(CO)CC3)CC1)C21CCCCC1. The summed E-state index contributed by atoms with van der Waals surface area (Å²) >= 11 is 6.46. The van der Waals surface area contributed by atoms with Gasteiger partial charge in [-0.1, -0.05) is 36.9 Å². The molecule has 6 rings (SSSR count). The smallest absolute Gasteiger partial charge is 0.282 e. The number of piperidine rings is 1. The highest BCUT2D eigenvalue weighted by Crippen LogP contribution is 2.54. The average Bonchev–Trinajstić information content (AvgIpc) is 3.08. The van der Waals surface area contributed by atoms with E-state index in [-0.39, 0.29) is 11.0 Å². The van der Waals surface area contributed by atoms with E-state index in [2.05, 4.69) is 15.5 Å². The van der Waals surface area contributed by atoms with Gasteiger partial charge >= 0.3 is 0 Å². The summed E-state index contributed by atoms with van der Waals surface area (Å²) in [5.74, 6) is 1.38. The zero-order chi connectivity index (χ0) is 21.9. The number of halogens is 1. The highest BCUT2D eigenvalue weighted by atomic mass is 35.5. The van der Waals surface area contributed by atoms with Gasteiger partial charge in [-0.25, -0.2) is 0 Å². The topological polar surface area (TPSA) is 58.4 Å². The van der Waals surface area contributed by atoms with Gasteiger partial charge in [-0.05, 0) is 68.2 Å². The number of rotatable bonds is 2. The van der Waals surface area contributed by atoms with Crippen molar-refractivity contribution in [2.45, 2.75) is 63.2 Å². The largest absolute Gasteiger partial charge is 0.396 e. The summed E-state index contributed by atoms with van der Waals surface area (Å²) in [6, 6.07) is 5.76. The van der Waals surface area contributed by atoms with Gasteiger partial charge in [0, 0.05) is 31.1 Å². The lowest BCUT2D eigenvalue weighted by atomic mass is 9.68. The predicted octanol–water partition coefficient (Wildman–Crippen LogP) is 4.86. The van der Waals surface area contributed by atoms with E-state index in [4.69, 9.17) is 16.6 Å². The number of likely N-dealkylation sites (tertiary alicyclic amines) is 1. The number of hydrogen-bond donors (Lipinski definition) is 1. The van der Waals surface area contributed by atoms with E-state index in [0.717, 1.165) is 63.0 Å². The van der Waals surface area contributed by atoms with E-state index < -0.39 is 0 Å². The van der Waals surface area contributed by atoms with Crippen molar-refractivity contribution in [1.82, 2.24) is 14.5 Å². The van der Waals surface area contributed by atoms with Crippen LogP contribution in [-0.4, -0.2) is 39.3 Å². The number of aromatic nitrogens is 2. The molecule has 0 atom stereocenters. The maximum Gasteiger partial charge on any atom is 0.282 e. The molecule has 3 heterocycles. The molecule has 1 N–H and O–H groups in total. The first-order chi connectivity index (χ1) is 15.6. The lowest BCUT2D eigenvalue weighted by Gasteiger charge is -2.38. The second-order valence-electron chi connectivity index (χ2n) is 9.96. The molecule has 2 aliphatic heterocycles. The molecule has 0 radical (unpaired) electrons. The summed E-state index contributed by atoms with van der Waals surface area (Å²) in [5.41, 5.74) is 4.68. The van der Waals surface area contributed by atoms with Crippen molar-refractivity contribution in [2.24, 2.45) is 5.92 Å². The number of fused-ring (bicyclic) bond motifs is 6. The zero-order valence-electron chi connectivity index (χ0n) is 18.4. The van der Waals surface area contributed by atoms with E-state index in [9.17, 15) is 9.90 Å². The summed E-state index contributed by atoms with van der Waals surface area (Å²) in [5, 5.41) is 10.5. The third-order valence-corrected chi connectivity index (χ3v) is 8.62. The molecule has 0 bridgehead atoms. The molecule has 32 heavy (non-hydrogen) atoms. The van der Waals surface area contributed by atoms with Gasteiger partial charge in [0.25, 0.3) is 5.56 Å². The molecule has 2 fully saturated rings. The monoisotopic (exact) mass is 451 g/mol. The molecule has 1 aromatic heterocycles. The van der Waals surface area contributed by atoms with Crippen molar-refractivity contribution in [3.8, 4) is 0 Å². The third-order valence-electron chi connectivity index (χ3n) is 8.30. The summed E-state index contributed by atoms with van der Waals surface area (Å²) < 4.78 is 2.29. The van der Waals surface area contributed by atoms with Gasteiger partial charge in [0.1, 0.15) is 5.82 Å². The summed E-state index contributed by atoms with van der Waals surface area (Å²) in [4.78, 5) is 20.3. The maximum atomic E-state index is 13.1. The Balaban J connectivity index is 1.52. The van der Waals surface area contributed by atoms with E-state index in [1.54, 1.807) is 6.07 Å². The van der Waals surface area contributed by atoms with Crippen LogP contribution in [0.2, 0.25) is 5.02 Å². The molecule has 1 saturated carbocycles. The van der Waals surface area contributed by atoms with E-state index in [0.29, 0.717) is 22.9 Å². The van der Waals surface area contributed by atoms with Crippen LogP contribution >= 0.6 is 11.6 Å². The van der Waals surface area contributed by atoms with Crippen LogP contribution in [0.25, 0.3) is 16.6 Å². The Morgan fingerprint density at radius 2 is 1.91 bits per heavy atom. The molecule has 1 saturated heterocycles. The molecule has 5 nitrogen and oxygen atoms in total. The minimum absolute atomic E-state index is 0.154. The Morgan fingerprint density at radius 1 is 1.12 bits per heavy atom. The fourth-order valence-electron chi connectivity index (χ4n) is 6.59. The molecule has 4 aliphatic rings. The number of hydrogen-bond acceptors (Lipinski definition) is 4. The molecule has 1 spiro atoms. The molecule has 0 unspecified atom stereocenters. The standard InChI is InChI=1S/C26H30ClN3O2/c27-20-5-4-6-22-23(20)24(32)28-25-26(11-2-1-3-12-26)19-15-18(7-8-21(19)30(22)25)29-13-9-17(16-31)10-14-29/h4-6,15,17,31H,1-3,7-14,16H2. The highest BCUT2D eigenvalue weighted by molar-refractivity contribution is 6.35. The van der Waals surface area contributed by atoms with Crippen molar-refractivity contribution in [1.29, 1.82) is 0 Å². The van der Waals surface area contributed by atoms with Crippen molar-refractivity contribution in [3.05, 3.63) is 56.7 Å². The zero-order valence-corrected chi connectivity index (χ0v) is 19.2. The van der Waals surface area contributed by atoms with Crippen molar-refractivity contribution < 1.29 is 5.11 Å². The van der Waals surface area contributed by atoms with Crippen LogP contribution in [0.3, 0.4) is 0 Å². The first-order valence-corrected chi connectivity index (χ1v) is 12.5. The average molecular weight is 452 g/mol. The Kier molecular flexibility index (Phi) is 4.96. The summed E-state index contributed by atoms with van der Waals surface area (Å²) in [6.45, 7) is 2.35. The van der Waals surface area contributed by atoms with Crippen LogP contribution in [0.1, 0.15) is 63.6 Å². The molecule has 2 aliphatic carbocycles. The van der Waals surface area contributed by atoms with E-state index in [1.807, 2.05) is 12.1 Å². The molecular weight excluding hydrogens is 422 g/mol. The van der Waals surface area contributed by atoms with Crippen LogP contribution in [0.15, 0.2) is 40.3 Å². The van der Waals surface area contributed by atoms with Gasteiger partial charge in [-0.3, -0.25) is 4.79 Å². The lowest BCUT2D eigenvalue weighted by Crippen LogP contribution is -2.36. The van der Waals surface area contributed by atoms with Gasteiger partial charge in [0.05, 0.1) is 21.3 Å². The van der Waals surface area contributed by atoms with Gasteiger partial charge in [0.15, 0.2) is 0 Å². The van der Waals surface area contributed by atoms with Crippen molar-refractivity contribution >= 4 is 28.2 Å². The fourth-order valence-corrected chi connectivity index (χ4v) is 6.84. The second kappa shape index (κ2) is 7.74. The summed E-state index contributed by atoms with van der Waals surface area (Å²) in [7, 11) is 0. The molecule has 6 heteroatoms. The van der Waals surface area contributed by atoms with Crippen molar-refractivity contribution in [3.63, 3.8) is 0 Å². The Labute approximate surface area is 193 Å². The van der Waals surface area contributed by atoms with E-state index >= 15 is 0 Å². The van der Waals surface area contributed by atoms with E-state index in [1.165, 1.54) is 36.2 Å². The number of benzene rings is 1. The minimum atomic E-state index is -0.197. The normalized spacial score (nSPS) is 22.9. The van der Waals surface area contributed by atoms with Gasteiger partial charge in [-0.15, -0.1) is 0 Å². The minimum Gasteiger partial charge on any atom is -0.396 e. The first-order valence-electron chi connectivity index (χ1n) is 12.1. The number of allylic oxidation sites excluding steroid dienone is 4. The Bertz CT molecular complexity index is 1200. The van der Waals surface area contributed by atoms with Gasteiger partial charge < -0.3 is 14.6 Å². The summed E-state index contributed by atoms with van der Waals surface area (Å²) in [6.07, 6.45) is 12.2. The number of aliphatic hydroxyl groups is 1. The predicted molar refractivity (Wildman–Crippen MR) is 128 cm³/mol. The molecular formula is C26H30ClN3O2. The van der Waals surface area contributed by atoms with Crippen molar-refractivity contribution in [2.75, 3.05) is 19.7 Å². The second-order valence-corrected chi connectivity index (χ2v) is 10.4. The third kappa shape index (κ3) is 2.94. The lowest BCUT2D eigenvalue weighted by molar-refractivity contribution is 0.149. The molecule has 1 aromatic carbocycles. The molecule has 168 valence electrons. The highest BCUT2D eigenvalue weighted by Gasteiger charge is 2.48. The van der Waals surface area contributed by atoms with Crippen LogP contribution in [0.4, 0.5) is 0 Å². The molecule has 2 aromatic rings. The number of aliphatic hydroxyl groups excluding tert-OH is 1. The van der Waals surface area contributed by atoms with Crippen LogP contribution in [0, 0.1) is 5.92 Å². The maximum absolute atomic E-state index is 13.1.